The topological polar surface area (TPSA) is 64.1 Å². The molecule has 5 N–H and O–H groups in total. The summed E-state index contributed by atoms with van der Waals surface area (Å²) in [4.78, 5) is 0. The van der Waals surface area contributed by atoms with Gasteiger partial charge in [-0.15, -0.1) is 0 Å². The van der Waals surface area contributed by atoms with E-state index in [2.05, 4.69) is 5.43 Å². The third-order valence-corrected chi connectivity index (χ3v) is 1.23. The van der Waals surface area contributed by atoms with Crippen LogP contribution < -0.4 is 17.0 Å². The van der Waals surface area contributed by atoms with Crippen molar-refractivity contribution in [1.29, 1.82) is 0 Å². The first-order valence-corrected chi connectivity index (χ1v) is 3.46. The van der Waals surface area contributed by atoms with Gasteiger partial charge in [-0.05, 0) is 19.8 Å². The van der Waals surface area contributed by atoms with E-state index in [-0.39, 0.29) is 0 Å². The van der Waals surface area contributed by atoms with Crippen LogP contribution >= 0.6 is 0 Å². The van der Waals surface area contributed by atoms with E-state index in [1.807, 2.05) is 6.92 Å². The van der Waals surface area contributed by atoms with Crippen LogP contribution in [0.5, 0.6) is 0 Å². The van der Waals surface area contributed by atoms with Crippen LogP contribution in [-0.2, 0) is 0 Å². The maximum absolute atomic E-state index is 5.52. The van der Waals surface area contributed by atoms with E-state index in [1.54, 1.807) is 0 Å². The van der Waals surface area contributed by atoms with Crippen LogP contribution in [0.15, 0.2) is 0 Å². The second kappa shape index (κ2) is 6.01. The van der Waals surface area contributed by atoms with E-state index in [0.717, 1.165) is 19.4 Å². The molecule has 0 amide bonds. The smallest absolute Gasteiger partial charge is 0.00974 e. The van der Waals surface area contributed by atoms with Crippen molar-refractivity contribution in [3.8, 4) is 0 Å². The van der Waals surface area contributed by atoms with Crippen LogP contribution in [0.4, 0.5) is 0 Å². The van der Waals surface area contributed by atoms with Crippen molar-refractivity contribution >= 4 is 0 Å². The normalized spacial score (nSPS) is 13.7. The molecule has 0 fully saturated rings. The summed E-state index contributed by atoms with van der Waals surface area (Å²) in [6.07, 6.45) is 3.39. The molecule has 0 heterocycles. The molecular weight excluding hydrogens is 114 g/mol. The summed E-state index contributed by atoms with van der Waals surface area (Å²) in [6.45, 7) is 2.92. The van der Waals surface area contributed by atoms with Gasteiger partial charge < -0.3 is 5.73 Å². The molecule has 3 nitrogen and oxygen atoms in total. The molecule has 0 bridgehead atoms. The lowest BCUT2D eigenvalue weighted by atomic mass is 10.1. The largest absolute Gasteiger partial charge is 0.328 e. The predicted octanol–water partition coefficient (Wildman–Crippen LogP) is -0.0328. The maximum atomic E-state index is 5.52. The minimum absolute atomic E-state index is 0.336. The van der Waals surface area contributed by atoms with E-state index in [1.165, 1.54) is 6.42 Å². The van der Waals surface area contributed by atoms with Gasteiger partial charge in [0.2, 0.25) is 0 Å². The highest BCUT2D eigenvalue weighted by atomic mass is 15.2. The molecular formula is C6H17N3. The number of nitrogens with two attached hydrogens (primary N) is 2. The summed E-state index contributed by atoms with van der Waals surface area (Å²) in [6, 6.07) is 0.336. The molecule has 0 aliphatic carbocycles. The first kappa shape index (κ1) is 8.88. The molecule has 0 aromatic carbocycles. The Labute approximate surface area is 56.8 Å². The summed E-state index contributed by atoms with van der Waals surface area (Å²) in [5.74, 6) is 5.06. The molecule has 0 rings (SSSR count). The van der Waals surface area contributed by atoms with Gasteiger partial charge in [0.1, 0.15) is 0 Å². The number of hydrogen-bond acceptors (Lipinski definition) is 3. The van der Waals surface area contributed by atoms with Crippen molar-refractivity contribution in [3.05, 3.63) is 0 Å². The lowest BCUT2D eigenvalue weighted by Crippen LogP contribution is -2.23. The van der Waals surface area contributed by atoms with Gasteiger partial charge in [-0.25, -0.2) is 0 Å². The molecule has 1 atom stereocenters. The molecule has 0 aromatic rings. The molecule has 3 heteroatoms. The van der Waals surface area contributed by atoms with Crippen LogP contribution in [0.2, 0.25) is 0 Å². The Balaban J connectivity index is 2.75. The van der Waals surface area contributed by atoms with E-state index in [0.29, 0.717) is 6.04 Å². The van der Waals surface area contributed by atoms with Crippen molar-refractivity contribution < 1.29 is 0 Å². The molecule has 1 unspecified atom stereocenters. The van der Waals surface area contributed by atoms with E-state index in [9.17, 15) is 0 Å². The molecule has 9 heavy (non-hydrogen) atoms. The summed E-state index contributed by atoms with van der Waals surface area (Å²) in [5, 5.41) is 0. The van der Waals surface area contributed by atoms with Crippen molar-refractivity contribution in [2.45, 2.75) is 32.2 Å². The van der Waals surface area contributed by atoms with E-state index >= 15 is 0 Å². The summed E-state index contributed by atoms with van der Waals surface area (Å²) in [5.41, 5.74) is 8.12. The van der Waals surface area contributed by atoms with Crippen LogP contribution in [0.3, 0.4) is 0 Å². The van der Waals surface area contributed by atoms with Crippen molar-refractivity contribution in [2.24, 2.45) is 11.6 Å². The zero-order chi connectivity index (χ0) is 7.11. The first-order valence-electron chi connectivity index (χ1n) is 3.46. The van der Waals surface area contributed by atoms with Crippen molar-refractivity contribution in [3.63, 3.8) is 0 Å². The van der Waals surface area contributed by atoms with Gasteiger partial charge in [-0.3, -0.25) is 11.3 Å². The zero-order valence-corrected chi connectivity index (χ0v) is 6.06. The summed E-state index contributed by atoms with van der Waals surface area (Å²) >= 11 is 0. The Morgan fingerprint density at radius 2 is 2.11 bits per heavy atom. The van der Waals surface area contributed by atoms with Gasteiger partial charge in [0, 0.05) is 12.6 Å². The SMILES string of the molecule is CC(N)CCCCNN. The lowest BCUT2D eigenvalue weighted by molar-refractivity contribution is 0.572. The molecule has 0 saturated carbocycles. The quantitative estimate of drug-likeness (QED) is 0.279. The van der Waals surface area contributed by atoms with Crippen LogP contribution in [0.25, 0.3) is 0 Å². The highest BCUT2D eigenvalue weighted by Crippen LogP contribution is 1.95. The van der Waals surface area contributed by atoms with Gasteiger partial charge >= 0.3 is 0 Å². The van der Waals surface area contributed by atoms with E-state index < -0.39 is 0 Å². The average Bonchev–Trinajstić information content (AvgIpc) is 1.80. The van der Waals surface area contributed by atoms with E-state index in [4.69, 9.17) is 11.6 Å². The van der Waals surface area contributed by atoms with Crippen LogP contribution in [0.1, 0.15) is 26.2 Å². The highest BCUT2D eigenvalue weighted by Gasteiger charge is 1.91. The predicted molar refractivity (Wildman–Crippen MR) is 39.7 cm³/mol. The monoisotopic (exact) mass is 131 g/mol. The Kier molecular flexibility index (Phi) is 5.93. The lowest BCUT2D eigenvalue weighted by Gasteiger charge is -2.02. The Hall–Kier alpha value is -0.120. The fraction of sp³-hybridized carbons (Fsp3) is 1.00. The third kappa shape index (κ3) is 7.88. The number of hydrazine groups is 1. The second-order valence-electron chi connectivity index (χ2n) is 2.43. The highest BCUT2D eigenvalue weighted by molar-refractivity contribution is 4.52. The standard InChI is InChI=1S/C6H17N3/c1-6(7)4-2-3-5-9-8/h6,9H,2-5,7-8H2,1H3. The molecule has 0 aliphatic heterocycles. The average molecular weight is 131 g/mol. The number of rotatable bonds is 5. The minimum atomic E-state index is 0.336. The number of hydrogen-bond donors (Lipinski definition) is 3. The first-order chi connectivity index (χ1) is 4.27. The second-order valence-corrected chi connectivity index (χ2v) is 2.43. The minimum Gasteiger partial charge on any atom is -0.328 e. The summed E-state index contributed by atoms with van der Waals surface area (Å²) < 4.78 is 0. The summed E-state index contributed by atoms with van der Waals surface area (Å²) in [7, 11) is 0. The molecule has 0 radical (unpaired) electrons. The molecule has 0 saturated heterocycles. The fourth-order valence-corrected chi connectivity index (χ4v) is 0.693. The number of nitrogens with one attached hydrogen (secondary N) is 1. The van der Waals surface area contributed by atoms with Gasteiger partial charge in [0.05, 0.1) is 0 Å². The Bertz CT molecular complexity index is 54.3. The maximum Gasteiger partial charge on any atom is 0.00974 e. The van der Waals surface area contributed by atoms with Crippen molar-refractivity contribution in [2.75, 3.05) is 6.54 Å². The molecule has 0 spiro atoms. The van der Waals surface area contributed by atoms with Crippen LogP contribution in [-0.4, -0.2) is 12.6 Å². The van der Waals surface area contributed by atoms with Crippen molar-refractivity contribution in [1.82, 2.24) is 5.43 Å². The molecule has 56 valence electrons. The van der Waals surface area contributed by atoms with Gasteiger partial charge in [-0.2, -0.15) is 0 Å². The third-order valence-electron chi connectivity index (χ3n) is 1.23. The van der Waals surface area contributed by atoms with Gasteiger partial charge in [0.25, 0.3) is 0 Å². The fourth-order valence-electron chi connectivity index (χ4n) is 0.693. The Morgan fingerprint density at radius 1 is 1.44 bits per heavy atom. The molecule has 0 aromatic heterocycles. The van der Waals surface area contributed by atoms with Gasteiger partial charge in [0.15, 0.2) is 0 Å². The Morgan fingerprint density at radius 3 is 2.56 bits per heavy atom. The van der Waals surface area contributed by atoms with Crippen LogP contribution in [0, 0.1) is 0 Å². The molecule has 0 aliphatic rings. The number of unbranched alkanes of at least 4 members (excludes halogenated alkanes) is 1. The zero-order valence-electron chi connectivity index (χ0n) is 6.06. The van der Waals surface area contributed by atoms with Gasteiger partial charge in [-0.1, -0.05) is 6.42 Å².